The van der Waals surface area contributed by atoms with Crippen molar-refractivity contribution in [3.63, 3.8) is 0 Å². The molecular formula is C25H22ClN7O5. The highest BCUT2D eigenvalue weighted by molar-refractivity contribution is 6.30. The van der Waals surface area contributed by atoms with Crippen molar-refractivity contribution in [1.82, 2.24) is 29.7 Å². The van der Waals surface area contributed by atoms with E-state index in [0.29, 0.717) is 27.8 Å². The Morgan fingerprint density at radius 1 is 0.921 bits per heavy atom. The lowest BCUT2D eigenvalue weighted by Crippen LogP contribution is -2.32. The molecule has 13 heteroatoms. The van der Waals surface area contributed by atoms with Crippen molar-refractivity contribution in [2.75, 3.05) is 12.2 Å². The van der Waals surface area contributed by atoms with Crippen molar-refractivity contribution in [3.8, 4) is 11.6 Å². The minimum atomic E-state index is -0.711. The van der Waals surface area contributed by atoms with Gasteiger partial charge in [0, 0.05) is 22.8 Å². The highest BCUT2D eigenvalue weighted by Crippen LogP contribution is 2.24. The number of hydroxylamine groups is 1. The minimum Gasteiger partial charge on any atom is -0.472 e. The van der Waals surface area contributed by atoms with Crippen LogP contribution in [0.15, 0.2) is 91.5 Å². The van der Waals surface area contributed by atoms with E-state index in [-0.39, 0.29) is 13.2 Å². The maximum atomic E-state index is 12.6. The van der Waals surface area contributed by atoms with Crippen LogP contribution in [0.1, 0.15) is 11.3 Å². The summed E-state index contributed by atoms with van der Waals surface area (Å²) in [4.78, 5) is 26.3. The first-order valence-electron chi connectivity index (χ1n) is 11.4. The van der Waals surface area contributed by atoms with Gasteiger partial charge in [-0.15, -0.1) is 15.3 Å². The van der Waals surface area contributed by atoms with Gasteiger partial charge in [-0.25, -0.2) is 14.4 Å². The van der Waals surface area contributed by atoms with Crippen LogP contribution in [0.4, 0.5) is 10.5 Å². The minimum absolute atomic E-state index is 0.0365. The molecule has 12 nitrogen and oxygen atoms in total. The molecule has 3 aromatic heterocycles. The number of aromatic nitrogens is 6. The average Bonchev–Trinajstić information content (AvgIpc) is 3.72. The van der Waals surface area contributed by atoms with E-state index in [0.717, 1.165) is 10.8 Å². The zero-order valence-corrected chi connectivity index (χ0v) is 20.9. The number of halogens is 1. The molecule has 0 spiro atoms. The fourth-order valence-corrected chi connectivity index (χ4v) is 3.52. The highest BCUT2D eigenvalue weighted by atomic mass is 35.5. The van der Waals surface area contributed by atoms with Crippen molar-refractivity contribution in [1.29, 1.82) is 0 Å². The van der Waals surface area contributed by atoms with Crippen molar-refractivity contribution in [3.05, 3.63) is 108 Å². The van der Waals surface area contributed by atoms with Crippen molar-refractivity contribution in [2.24, 2.45) is 0 Å². The number of benzene rings is 2. The first-order valence-corrected chi connectivity index (χ1v) is 11.7. The second-order valence-corrected chi connectivity index (χ2v) is 8.17. The second kappa shape index (κ2) is 11.5. The van der Waals surface area contributed by atoms with Gasteiger partial charge in [-0.05, 0) is 42.5 Å². The molecule has 5 aromatic rings. The SMILES string of the molecule is COC(=O)N(OCc1ccn(On2cccn2)n1)c1ccccc1COc1ccn(-c2ccc(Cl)cc2)n1. The Labute approximate surface area is 221 Å². The first kappa shape index (κ1) is 24.9. The summed E-state index contributed by atoms with van der Waals surface area (Å²) in [5.41, 5.74) is 2.47. The first-order chi connectivity index (χ1) is 18.6. The molecule has 0 unspecified atom stereocenters. The summed E-state index contributed by atoms with van der Waals surface area (Å²) in [5, 5.41) is 14.3. The van der Waals surface area contributed by atoms with E-state index in [1.54, 1.807) is 71.9 Å². The molecule has 5 rings (SSSR count). The van der Waals surface area contributed by atoms with Gasteiger partial charge in [0.05, 0.1) is 42.8 Å². The van der Waals surface area contributed by atoms with Gasteiger partial charge in [0.25, 0.3) is 0 Å². The summed E-state index contributed by atoms with van der Waals surface area (Å²) in [6, 6.07) is 19.6. The molecule has 0 aliphatic heterocycles. The molecule has 0 bridgehead atoms. The molecule has 1 amide bonds. The summed E-state index contributed by atoms with van der Waals surface area (Å²) in [6.07, 6.45) is 5.86. The lowest BCUT2D eigenvalue weighted by atomic mass is 10.2. The molecule has 0 radical (unpaired) electrons. The van der Waals surface area contributed by atoms with Crippen LogP contribution >= 0.6 is 11.6 Å². The quantitative estimate of drug-likeness (QED) is 0.246. The zero-order chi connectivity index (χ0) is 26.3. The van der Waals surface area contributed by atoms with Gasteiger partial charge in [-0.2, -0.15) is 5.06 Å². The van der Waals surface area contributed by atoms with Crippen LogP contribution in [0, 0.1) is 0 Å². The van der Waals surface area contributed by atoms with E-state index >= 15 is 0 Å². The number of hydrogen-bond acceptors (Lipinski definition) is 8. The van der Waals surface area contributed by atoms with E-state index < -0.39 is 6.09 Å². The lowest BCUT2D eigenvalue weighted by Gasteiger charge is -2.22. The van der Waals surface area contributed by atoms with Crippen molar-refractivity contribution >= 4 is 23.4 Å². The molecule has 0 aliphatic carbocycles. The summed E-state index contributed by atoms with van der Waals surface area (Å²) in [6.45, 7) is 0.0856. The number of anilines is 1. The largest absolute Gasteiger partial charge is 0.472 e. The van der Waals surface area contributed by atoms with Gasteiger partial charge in [-0.3, -0.25) is 4.84 Å². The Balaban J connectivity index is 1.26. The molecule has 0 fully saturated rings. The van der Waals surface area contributed by atoms with Crippen LogP contribution in [0.25, 0.3) is 5.69 Å². The second-order valence-electron chi connectivity index (χ2n) is 7.73. The third-order valence-corrected chi connectivity index (χ3v) is 5.44. The summed E-state index contributed by atoms with van der Waals surface area (Å²) < 4.78 is 12.5. The van der Waals surface area contributed by atoms with Crippen molar-refractivity contribution < 1.29 is 24.0 Å². The van der Waals surface area contributed by atoms with Crippen LogP contribution in [-0.4, -0.2) is 42.9 Å². The number of amides is 1. The van der Waals surface area contributed by atoms with Crippen molar-refractivity contribution in [2.45, 2.75) is 13.2 Å². The van der Waals surface area contributed by atoms with Crippen LogP contribution in [0.2, 0.25) is 5.02 Å². The predicted molar refractivity (Wildman–Crippen MR) is 135 cm³/mol. The molecule has 0 saturated carbocycles. The molecule has 0 saturated heterocycles. The molecule has 38 heavy (non-hydrogen) atoms. The van der Waals surface area contributed by atoms with Crippen LogP contribution < -0.4 is 14.7 Å². The molecule has 0 N–H and O–H groups in total. The Bertz CT molecular complexity index is 1480. The molecule has 0 aliphatic rings. The van der Waals surface area contributed by atoms with Gasteiger partial charge >= 0.3 is 6.09 Å². The summed E-state index contributed by atoms with van der Waals surface area (Å²) in [5.74, 6) is 0.406. The van der Waals surface area contributed by atoms with Gasteiger partial charge < -0.3 is 9.47 Å². The molecule has 194 valence electrons. The molecule has 2 aromatic carbocycles. The van der Waals surface area contributed by atoms with Gasteiger partial charge in [-0.1, -0.05) is 39.5 Å². The Morgan fingerprint density at radius 2 is 1.76 bits per heavy atom. The van der Waals surface area contributed by atoms with Crippen LogP contribution in [0.3, 0.4) is 0 Å². The van der Waals surface area contributed by atoms with Gasteiger partial charge in [0.1, 0.15) is 13.2 Å². The van der Waals surface area contributed by atoms with E-state index in [9.17, 15) is 4.79 Å². The average molecular weight is 536 g/mol. The normalized spacial score (nSPS) is 10.8. The third-order valence-electron chi connectivity index (χ3n) is 5.19. The fourth-order valence-electron chi connectivity index (χ4n) is 3.39. The van der Waals surface area contributed by atoms with Gasteiger partial charge in [0.15, 0.2) is 0 Å². The van der Waals surface area contributed by atoms with Crippen LogP contribution in [-0.2, 0) is 22.8 Å². The Hall–Kier alpha value is -4.81. The number of carbonyl (C=O) groups is 1. The lowest BCUT2D eigenvalue weighted by molar-refractivity contribution is -0.0112. The standard InChI is InChI=1S/C25H22ClN7O5/c1-35-25(34)33(37-18-21-11-16-32(28-21)38-31-14-4-13-27-31)23-6-3-2-5-19(23)17-36-24-12-15-30(29-24)22-9-7-20(26)8-10-22/h2-16H,17-18H2,1H3. The fraction of sp³-hybridized carbons (Fsp3) is 0.120. The molecular weight excluding hydrogens is 514 g/mol. The Morgan fingerprint density at radius 3 is 2.55 bits per heavy atom. The predicted octanol–water partition coefficient (Wildman–Crippen LogP) is 4.09. The number of carbonyl (C=O) groups excluding carboxylic acids is 1. The van der Waals surface area contributed by atoms with E-state index in [1.807, 2.05) is 24.3 Å². The third kappa shape index (κ3) is 5.94. The molecule has 0 atom stereocenters. The van der Waals surface area contributed by atoms with E-state index in [4.69, 9.17) is 30.9 Å². The van der Waals surface area contributed by atoms with E-state index in [1.165, 1.54) is 16.8 Å². The van der Waals surface area contributed by atoms with Gasteiger partial charge in [0.2, 0.25) is 5.88 Å². The number of ether oxygens (including phenoxy) is 2. The number of nitrogens with zero attached hydrogens (tertiary/aromatic N) is 7. The highest BCUT2D eigenvalue weighted by Gasteiger charge is 2.22. The topological polar surface area (TPSA) is 111 Å². The number of methoxy groups -OCH3 is 1. The summed E-state index contributed by atoms with van der Waals surface area (Å²) in [7, 11) is 1.27. The zero-order valence-electron chi connectivity index (χ0n) is 20.1. The molecule has 3 heterocycles. The smallest absolute Gasteiger partial charge is 0.438 e. The maximum absolute atomic E-state index is 12.6. The summed E-state index contributed by atoms with van der Waals surface area (Å²) >= 11 is 5.96. The van der Waals surface area contributed by atoms with Crippen LogP contribution in [0.5, 0.6) is 5.88 Å². The monoisotopic (exact) mass is 535 g/mol. The Kier molecular flexibility index (Phi) is 7.52. The number of rotatable bonds is 10. The number of hydrogen-bond donors (Lipinski definition) is 0. The number of para-hydroxylation sites is 1. The van der Waals surface area contributed by atoms with E-state index in [2.05, 4.69) is 15.3 Å². The maximum Gasteiger partial charge on any atom is 0.438 e.